The van der Waals surface area contributed by atoms with Crippen LogP contribution in [-0.4, -0.2) is 19.5 Å². The molecule has 0 aromatic heterocycles. The van der Waals surface area contributed by atoms with E-state index in [0.717, 1.165) is 11.4 Å². The fourth-order valence-electron chi connectivity index (χ4n) is 1.53. The number of likely N-dealkylation sites (N-methyl/N-ethyl adjacent to an activating group) is 1. The number of rotatable bonds is 0. The Hall–Kier alpha value is -2.02. The van der Waals surface area contributed by atoms with E-state index in [9.17, 15) is 4.79 Å². The van der Waals surface area contributed by atoms with Crippen LogP contribution in [0.5, 0.6) is 0 Å². The smallest absolute Gasteiger partial charge is 0.247 e. The molecule has 0 radical (unpaired) electrons. The number of hydrogen-bond acceptors (Lipinski definition) is 3. The van der Waals surface area contributed by atoms with Crippen LogP contribution in [0, 0.1) is 11.5 Å². The number of nitriles is 1. The zero-order chi connectivity index (χ0) is 10.1. The van der Waals surface area contributed by atoms with Gasteiger partial charge in [-0.1, -0.05) is 12.1 Å². The number of carbonyl (C=O) groups excluding carboxylic acids is 1. The molecule has 1 heterocycles. The molecule has 4 heteroatoms. The third kappa shape index (κ3) is 1.11. The summed E-state index contributed by atoms with van der Waals surface area (Å²) in [5, 5.41) is 8.85. The average molecular weight is 187 g/mol. The lowest BCUT2D eigenvalue weighted by atomic mass is 10.2. The molecule has 4 nitrogen and oxygen atoms in total. The van der Waals surface area contributed by atoms with Crippen molar-refractivity contribution in [2.45, 2.75) is 0 Å². The summed E-state index contributed by atoms with van der Waals surface area (Å²) in [5.74, 6) is -0.0646. The highest BCUT2D eigenvalue weighted by molar-refractivity contribution is 6.03. The van der Waals surface area contributed by atoms with Crippen molar-refractivity contribution in [1.29, 1.82) is 5.26 Å². The molecule has 0 bridgehead atoms. The van der Waals surface area contributed by atoms with Crippen LogP contribution >= 0.6 is 0 Å². The van der Waals surface area contributed by atoms with Gasteiger partial charge in [0, 0.05) is 7.05 Å². The molecule has 0 fully saturated rings. The van der Waals surface area contributed by atoms with Gasteiger partial charge in [-0.05, 0) is 12.1 Å². The van der Waals surface area contributed by atoms with E-state index in [0.29, 0.717) is 0 Å². The normalized spacial score (nSPS) is 15.0. The van der Waals surface area contributed by atoms with Crippen LogP contribution in [-0.2, 0) is 4.79 Å². The Bertz CT molecular complexity index is 422. The first-order valence-electron chi connectivity index (χ1n) is 4.27. The first-order chi connectivity index (χ1) is 6.74. The fraction of sp³-hybridized carbons (Fsp3) is 0.200. The zero-order valence-electron chi connectivity index (χ0n) is 7.77. The van der Waals surface area contributed by atoms with Crippen molar-refractivity contribution < 1.29 is 4.79 Å². The first-order valence-corrected chi connectivity index (χ1v) is 4.27. The van der Waals surface area contributed by atoms with Gasteiger partial charge in [0.1, 0.15) is 6.54 Å². The summed E-state index contributed by atoms with van der Waals surface area (Å²) in [6.07, 6.45) is 2.00. The lowest BCUT2D eigenvalue weighted by molar-refractivity contribution is -0.117. The minimum atomic E-state index is -0.0646. The van der Waals surface area contributed by atoms with Gasteiger partial charge in [0.15, 0.2) is 6.19 Å². The standard InChI is InChI=1S/C10H9N3O/c1-12-8-4-2-3-5-9(8)13(7-11)6-10(12)14/h2-5H,6H2,1H3. The molecule has 0 saturated carbocycles. The van der Waals surface area contributed by atoms with Crippen LogP contribution in [0.1, 0.15) is 0 Å². The van der Waals surface area contributed by atoms with Gasteiger partial charge >= 0.3 is 0 Å². The SMILES string of the molecule is CN1C(=O)CN(C#N)c2ccccc21. The second-order valence-corrected chi connectivity index (χ2v) is 3.13. The number of benzene rings is 1. The van der Waals surface area contributed by atoms with Gasteiger partial charge in [-0.2, -0.15) is 5.26 Å². The summed E-state index contributed by atoms with van der Waals surface area (Å²) in [7, 11) is 1.72. The van der Waals surface area contributed by atoms with Crippen LogP contribution in [0.15, 0.2) is 24.3 Å². The third-order valence-electron chi connectivity index (χ3n) is 2.32. The van der Waals surface area contributed by atoms with Crippen molar-refractivity contribution in [3.8, 4) is 6.19 Å². The van der Waals surface area contributed by atoms with E-state index in [-0.39, 0.29) is 12.5 Å². The van der Waals surface area contributed by atoms with Gasteiger partial charge < -0.3 is 4.90 Å². The van der Waals surface area contributed by atoms with Gasteiger partial charge in [-0.15, -0.1) is 0 Å². The summed E-state index contributed by atoms with van der Waals surface area (Å²) in [6, 6.07) is 7.37. The maximum atomic E-state index is 11.5. The highest BCUT2D eigenvalue weighted by Gasteiger charge is 2.25. The van der Waals surface area contributed by atoms with Gasteiger partial charge in [-0.25, -0.2) is 0 Å². The molecule has 1 aliphatic heterocycles. The quantitative estimate of drug-likeness (QED) is 0.568. The predicted molar refractivity (Wildman–Crippen MR) is 52.8 cm³/mol. The maximum Gasteiger partial charge on any atom is 0.247 e. The molecule has 1 aromatic carbocycles. The molecular formula is C10H9N3O. The Morgan fingerprint density at radius 2 is 2.00 bits per heavy atom. The van der Waals surface area contributed by atoms with Crippen LogP contribution in [0.25, 0.3) is 0 Å². The van der Waals surface area contributed by atoms with Crippen LogP contribution in [0.2, 0.25) is 0 Å². The zero-order valence-corrected chi connectivity index (χ0v) is 7.77. The second kappa shape index (κ2) is 3.04. The lowest BCUT2D eigenvalue weighted by Crippen LogP contribution is -2.41. The largest absolute Gasteiger partial charge is 0.312 e. The molecule has 0 spiro atoms. The van der Waals surface area contributed by atoms with Crippen molar-refractivity contribution in [3.05, 3.63) is 24.3 Å². The van der Waals surface area contributed by atoms with E-state index in [1.807, 2.05) is 30.5 Å². The molecule has 1 amide bonds. The minimum Gasteiger partial charge on any atom is -0.312 e. The van der Waals surface area contributed by atoms with Crippen molar-refractivity contribution in [3.63, 3.8) is 0 Å². The molecule has 0 aliphatic carbocycles. The van der Waals surface area contributed by atoms with E-state index in [1.165, 1.54) is 4.90 Å². The molecule has 0 atom stereocenters. The number of anilines is 2. The van der Waals surface area contributed by atoms with Gasteiger partial charge in [0.25, 0.3) is 0 Å². The number of fused-ring (bicyclic) bond motifs is 1. The monoisotopic (exact) mass is 187 g/mol. The maximum absolute atomic E-state index is 11.5. The summed E-state index contributed by atoms with van der Waals surface area (Å²) >= 11 is 0. The molecular weight excluding hydrogens is 178 g/mol. The molecule has 2 rings (SSSR count). The summed E-state index contributed by atoms with van der Waals surface area (Å²) < 4.78 is 0. The highest BCUT2D eigenvalue weighted by Crippen LogP contribution is 2.31. The van der Waals surface area contributed by atoms with Crippen molar-refractivity contribution in [2.75, 3.05) is 23.4 Å². The molecule has 70 valence electrons. The number of nitrogens with zero attached hydrogens (tertiary/aromatic N) is 3. The summed E-state index contributed by atoms with van der Waals surface area (Å²) in [6.45, 7) is 0.129. The Kier molecular flexibility index (Phi) is 1.86. The van der Waals surface area contributed by atoms with Crippen molar-refractivity contribution >= 4 is 17.3 Å². The molecule has 1 aliphatic rings. The van der Waals surface area contributed by atoms with Crippen LogP contribution < -0.4 is 9.80 Å². The molecule has 0 N–H and O–H groups in total. The topological polar surface area (TPSA) is 47.3 Å². The number of hydrogen-bond donors (Lipinski definition) is 0. The van der Waals surface area contributed by atoms with Gasteiger partial charge in [0.2, 0.25) is 5.91 Å². The van der Waals surface area contributed by atoms with Crippen molar-refractivity contribution in [1.82, 2.24) is 0 Å². The lowest BCUT2D eigenvalue weighted by Gasteiger charge is -2.30. The van der Waals surface area contributed by atoms with Gasteiger partial charge in [0.05, 0.1) is 11.4 Å². The predicted octanol–water partition coefficient (Wildman–Crippen LogP) is 0.950. The van der Waals surface area contributed by atoms with E-state index < -0.39 is 0 Å². The van der Waals surface area contributed by atoms with Crippen LogP contribution in [0.4, 0.5) is 11.4 Å². The van der Waals surface area contributed by atoms with Crippen molar-refractivity contribution in [2.24, 2.45) is 0 Å². The molecule has 0 saturated heterocycles. The Morgan fingerprint density at radius 1 is 1.36 bits per heavy atom. The molecule has 0 unspecified atom stereocenters. The number of carbonyl (C=O) groups is 1. The molecule has 1 aromatic rings. The van der Waals surface area contributed by atoms with E-state index in [2.05, 4.69) is 0 Å². The van der Waals surface area contributed by atoms with E-state index in [1.54, 1.807) is 11.9 Å². The Balaban J connectivity index is 2.56. The third-order valence-corrected chi connectivity index (χ3v) is 2.32. The first kappa shape index (κ1) is 8.57. The number of para-hydroxylation sites is 2. The minimum absolute atomic E-state index is 0.0646. The van der Waals surface area contributed by atoms with E-state index >= 15 is 0 Å². The highest BCUT2D eigenvalue weighted by atomic mass is 16.2. The fourth-order valence-corrected chi connectivity index (χ4v) is 1.53. The molecule has 14 heavy (non-hydrogen) atoms. The summed E-state index contributed by atoms with van der Waals surface area (Å²) in [5.41, 5.74) is 1.57. The average Bonchev–Trinajstić information content (AvgIpc) is 2.23. The van der Waals surface area contributed by atoms with E-state index in [4.69, 9.17) is 5.26 Å². The summed E-state index contributed by atoms with van der Waals surface area (Å²) in [4.78, 5) is 14.4. The van der Waals surface area contributed by atoms with Crippen LogP contribution in [0.3, 0.4) is 0 Å². The Labute approximate surface area is 82.0 Å². The second-order valence-electron chi connectivity index (χ2n) is 3.13. The number of amides is 1. The van der Waals surface area contributed by atoms with Gasteiger partial charge in [-0.3, -0.25) is 9.69 Å². The Morgan fingerprint density at radius 3 is 2.64 bits per heavy atom.